The second-order valence-electron chi connectivity index (χ2n) is 2.90. The second-order valence-corrected chi connectivity index (χ2v) is 2.90. The molecule has 0 aromatic rings. The Balaban J connectivity index is 3.92. The number of amides is 1. The van der Waals surface area contributed by atoms with Crippen LogP contribution >= 0.6 is 0 Å². The van der Waals surface area contributed by atoms with Crippen LogP contribution in [0.5, 0.6) is 0 Å². The molecule has 0 aliphatic rings. The number of likely N-dealkylation sites (N-methyl/N-ethyl adjacent to an activating group) is 2. The van der Waals surface area contributed by atoms with Crippen LogP contribution in [-0.4, -0.2) is 25.5 Å². The van der Waals surface area contributed by atoms with Crippen molar-refractivity contribution in [2.45, 2.75) is 26.8 Å². The van der Waals surface area contributed by atoms with Gasteiger partial charge >= 0.3 is 0 Å². The van der Waals surface area contributed by atoms with Crippen molar-refractivity contribution in [1.29, 1.82) is 0 Å². The second kappa shape index (κ2) is 5.13. The predicted molar refractivity (Wildman–Crippen MR) is 46.4 cm³/mol. The first-order valence-corrected chi connectivity index (χ1v) is 4.08. The SMILES string of the molecule is CCNC(=O)C(NC)C(C)C. The Hall–Kier alpha value is -0.570. The lowest BCUT2D eigenvalue weighted by molar-refractivity contribution is -0.123. The fourth-order valence-corrected chi connectivity index (χ4v) is 1.05. The van der Waals surface area contributed by atoms with Crippen LogP contribution in [0.25, 0.3) is 0 Å². The molecule has 1 amide bonds. The smallest absolute Gasteiger partial charge is 0.237 e. The normalized spacial score (nSPS) is 13.2. The summed E-state index contributed by atoms with van der Waals surface area (Å²) in [6.07, 6.45) is 0. The van der Waals surface area contributed by atoms with Crippen molar-refractivity contribution in [2.75, 3.05) is 13.6 Å². The molecule has 11 heavy (non-hydrogen) atoms. The Bertz CT molecular complexity index is 123. The lowest BCUT2D eigenvalue weighted by atomic mass is 10.0. The molecule has 0 bridgehead atoms. The third-order valence-corrected chi connectivity index (χ3v) is 1.61. The van der Waals surface area contributed by atoms with E-state index in [1.54, 1.807) is 7.05 Å². The highest BCUT2D eigenvalue weighted by atomic mass is 16.2. The van der Waals surface area contributed by atoms with E-state index in [0.29, 0.717) is 12.5 Å². The average Bonchev–Trinajstić information content (AvgIpc) is 1.88. The van der Waals surface area contributed by atoms with Crippen molar-refractivity contribution in [3.63, 3.8) is 0 Å². The van der Waals surface area contributed by atoms with Gasteiger partial charge in [0, 0.05) is 6.54 Å². The lowest BCUT2D eigenvalue weighted by Crippen LogP contribution is -2.45. The standard InChI is InChI=1S/C8H18N2O/c1-5-10-8(11)7(9-4)6(2)3/h6-7,9H,5H2,1-4H3,(H,10,11). The molecule has 0 saturated heterocycles. The topological polar surface area (TPSA) is 41.1 Å². The Kier molecular flexibility index (Phi) is 4.86. The molecule has 0 saturated carbocycles. The van der Waals surface area contributed by atoms with E-state index in [-0.39, 0.29) is 11.9 Å². The zero-order valence-corrected chi connectivity index (χ0v) is 7.77. The zero-order valence-electron chi connectivity index (χ0n) is 7.77. The number of hydrogen-bond acceptors (Lipinski definition) is 2. The molecule has 1 atom stereocenters. The summed E-state index contributed by atoms with van der Waals surface area (Å²) >= 11 is 0. The van der Waals surface area contributed by atoms with Crippen LogP contribution < -0.4 is 10.6 Å². The molecule has 3 nitrogen and oxygen atoms in total. The van der Waals surface area contributed by atoms with Crippen molar-refractivity contribution in [3.05, 3.63) is 0 Å². The van der Waals surface area contributed by atoms with Gasteiger partial charge < -0.3 is 10.6 Å². The van der Waals surface area contributed by atoms with Gasteiger partial charge in [-0.25, -0.2) is 0 Å². The Morgan fingerprint density at radius 1 is 1.45 bits per heavy atom. The van der Waals surface area contributed by atoms with E-state index in [2.05, 4.69) is 10.6 Å². The third-order valence-electron chi connectivity index (χ3n) is 1.61. The van der Waals surface area contributed by atoms with E-state index in [4.69, 9.17) is 0 Å². The van der Waals surface area contributed by atoms with Gasteiger partial charge in [0.1, 0.15) is 0 Å². The first-order chi connectivity index (χ1) is 5.13. The van der Waals surface area contributed by atoms with Gasteiger partial charge in [0.15, 0.2) is 0 Å². The molecular weight excluding hydrogens is 140 g/mol. The van der Waals surface area contributed by atoms with Crippen molar-refractivity contribution < 1.29 is 4.79 Å². The number of rotatable bonds is 4. The van der Waals surface area contributed by atoms with Gasteiger partial charge in [-0.2, -0.15) is 0 Å². The Morgan fingerprint density at radius 2 is 2.00 bits per heavy atom. The van der Waals surface area contributed by atoms with Crippen LogP contribution in [0, 0.1) is 5.92 Å². The van der Waals surface area contributed by atoms with Gasteiger partial charge in [-0.3, -0.25) is 4.79 Å². The first-order valence-electron chi connectivity index (χ1n) is 4.08. The fraction of sp³-hybridized carbons (Fsp3) is 0.875. The molecule has 0 spiro atoms. The lowest BCUT2D eigenvalue weighted by Gasteiger charge is -2.18. The van der Waals surface area contributed by atoms with E-state index in [0.717, 1.165) is 0 Å². The first kappa shape index (κ1) is 10.4. The number of carbonyl (C=O) groups excluding carboxylic acids is 1. The minimum absolute atomic E-state index is 0.0602. The molecule has 0 aromatic heterocycles. The minimum Gasteiger partial charge on any atom is -0.355 e. The molecule has 66 valence electrons. The van der Waals surface area contributed by atoms with Gasteiger partial charge in [-0.1, -0.05) is 13.8 Å². The number of hydrogen-bond donors (Lipinski definition) is 2. The molecule has 3 heteroatoms. The van der Waals surface area contributed by atoms with E-state index in [1.165, 1.54) is 0 Å². The molecule has 0 aromatic carbocycles. The third kappa shape index (κ3) is 3.37. The van der Waals surface area contributed by atoms with Crippen molar-refractivity contribution in [2.24, 2.45) is 5.92 Å². The van der Waals surface area contributed by atoms with Gasteiger partial charge in [0.25, 0.3) is 0 Å². The molecule has 1 unspecified atom stereocenters. The van der Waals surface area contributed by atoms with E-state index in [1.807, 2.05) is 20.8 Å². The number of carbonyl (C=O) groups is 1. The number of nitrogens with one attached hydrogen (secondary N) is 2. The molecule has 0 fully saturated rings. The summed E-state index contributed by atoms with van der Waals surface area (Å²) < 4.78 is 0. The van der Waals surface area contributed by atoms with Crippen LogP contribution in [-0.2, 0) is 4.79 Å². The highest BCUT2D eigenvalue weighted by molar-refractivity contribution is 5.81. The molecule has 0 rings (SSSR count). The minimum atomic E-state index is -0.0602. The summed E-state index contributed by atoms with van der Waals surface area (Å²) in [6.45, 7) is 6.67. The molecular formula is C8H18N2O. The van der Waals surface area contributed by atoms with Gasteiger partial charge in [0.2, 0.25) is 5.91 Å². The molecule has 0 aliphatic heterocycles. The van der Waals surface area contributed by atoms with E-state index in [9.17, 15) is 4.79 Å². The Labute approximate surface area is 68.6 Å². The fourth-order valence-electron chi connectivity index (χ4n) is 1.05. The van der Waals surface area contributed by atoms with Crippen molar-refractivity contribution in [1.82, 2.24) is 10.6 Å². The summed E-state index contributed by atoms with van der Waals surface area (Å²) in [7, 11) is 1.81. The van der Waals surface area contributed by atoms with Crippen LogP contribution in [0.15, 0.2) is 0 Å². The molecule has 0 aliphatic carbocycles. The molecule has 0 radical (unpaired) electrons. The highest BCUT2D eigenvalue weighted by Gasteiger charge is 2.18. The summed E-state index contributed by atoms with van der Waals surface area (Å²) in [5, 5.41) is 5.75. The summed E-state index contributed by atoms with van der Waals surface area (Å²) in [6, 6.07) is -0.0602. The van der Waals surface area contributed by atoms with Crippen LogP contribution in [0.3, 0.4) is 0 Å². The van der Waals surface area contributed by atoms with E-state index < -0.39 is 0 Å². The quantitative estimate of drug-likeness (QED) is 0.620. The maximum Gasteiger partial charge on any atom is 0.237 e. The van der Waals surface area contributed by atoms with Crippen LogP contribution in [0.2, 0.25) is 0 Å². The maximum absolute atomic E-state index is 11.2. The monoisotopic (exact) mass is 158 g/mol. The maximum atomic E-state index is 11.2. The molecule has 2 N–H and O–H groups in total. The molecule has 0 heterocycles. The van der Waals surface area contributed by atoms with Crippen molar-refractivity contribution >= 4 is 5.91 Å². The zero-order chi connectivity index (χ0) is 8.85. The highest BCUT2D eigenvalue weighted by Crippen LogP contribution is 1.99. The van der Waals surface area contributed by atoms with Crippen LogP contribution in [0.1, 0.15) is 20.8 Å². The predicted octanol–water partition coefficient (Wildman–Crippen LogP) is 0.366. The summed E-state index contributed by atoms with van der Waals surface area (Å²) in [5.41, 5.74) is 0. The van der Waals surface area contributed by atoms with Crippen LogP contribution in [0.4, 0.5) is 0 Å². The largest absolute Gasteiger partial charge is 0.355 e. The van der Waals surface area contributed by atoms with Gasteiger partial charge in [-0.15, -0.1) is 0 Å². The van der Waals surface area contributed by atoms with Crippen molar-refractivity contribution in [3.8, 4) is 0 Å². The van der Waals surface area contributed by atoms with Gasteiger partial charge in [-0.05, 0) is 19.9 Å². The Morgan fingerprint density at radius 3 is 2.27 bits per heavy atom. The summed E-state index contributed by atoms with van der Waals surface area (Å²) in [5.74, 6) is 0.427. The van der Waals surface area contributed by atoms with E-state index >= 15 is 0 Å². The summed E-state index contributed by atoms with van der Waals surface area (Å²) in [4.78, 5) is 11.2. The average molecular weight is 158 g/mol. The van der Waals surface area contributed by atoms with Gasteiger partial charge in [0.05, 0.1) is 6.04 Å².